The van der Waals surface area contributed by atoms with E-state index in [0.29, 0.717) is 13.0 Å². The molecule has 0 radical (unpaired) electrons. The van der Waals surface area contributed by atoms with Crippen LogP contribution in [0.5, 0.6) is 0 Å². The van der Waals surface area contributed by atoms with Crippen LogP contribution in [0.3, 0.4) is 0 Å². The zero-order valence-electron chi connectivity index (χ0n) is 12.1. The van der Waals surface area contributed by atoms with E-state index in [-0.39, 0.29) is 45.7 Å². The number of nitrogens with one attached hydrogen (secondary N) is 1. The van der Waals surface area contributed by atoms with Crippen LogP contribution in [-0.4, -0.2) is 59.0 Å². The van der Waals surface area contributed by atoms with Crippen molar-refractivity contribution in [1.82, 2.24) is 14.9 Å². The maximum atomic E-state index is 12.3. The molecule has 0 bridgehead atoms. The van der Waals surface area contributed by atoms with Gasteiger partial charge in [0.1, 0.15) is 5.82 Å². The quantitative estimate of drug-likeness (QED) is 0.542. The summed E-state index contributed by atoms with van der Waals surface area (Å²) in [6, 6.07) is 0.893. The van der Waals surface area contributed by atoms with E-state index < -0.39 is 9.84 Å². The molecule has 1 aromatic rings. The SMILES string of the molecule is CCN(C(=O)CSc1nc(N)cc(=O)[nH]1)[C@@H]1CCS(=O)(=O)C1. The van der Waals surface area contributed by atoms with Gasteiger partial charge < -0.3 is 15.6 Å². The first-order chi connectivity index (χ1) is 10.3. The Hall–Kier alpha value is -1.55. The number of rotatable bonds is 5. The Kier molecular flexibility index (Phi) is 5.12. The molecular formula is C12H18N4O4S2. The van der Waals surface area contributed by atoms with Crippen LogP contribution in [0.15, 0.2) is 16.0 Å². The second-order valence-corrected chi connectivity index (χ2v) is 8.19. The van der Waals surface area contributed by atoms with Crippen molar-refractivity contribution in [2.45, 2.75) is 24.5 Å². The van der Waals surface area contributed by atoms with Gasteiger partial charge in [0, 0.05) is 18.7 Å². The Morgan fingerprint density at radius 2 is 2.32 bits per heavy atom. The number of aromatic amines is 1. The molecule has 10 heteroatoms. The molecule has 0 unspecified atom stereocenters. The third-order valence-electron chi connectivity index (χ3n) is 3.38. The van der Waals surface area contributed by atoms with Crippen molar-refractivity contribution in [2.24, 2.45) is 0 Å². The number of anilines is 1. The number of hydrogen-bond donors (Lipinski definition) is 2. The van der Waals surface area contributed by atoms with Crippen molar-refractivity contribution in [3.05, 3.63) is 16.4 Å². The summed E-state index contributed by atoms with van der Waals surface area (Å²) in [5.41, 5.74) is 5.10. The lowest BCUT2D eigenvalue weighted by atomic mass is 10.2. The summed E-state index contributed by atoms with van der Waals surface area (Å²) in [4.78, 5) is 31.5. The normalized spacial score (nSPS) is 20.0. The number of nitrogens with two attached hydrogens (primary N) is 1. The zero-order chi connectivity index (χ0) is 16.3. The van der Waals surface area contributed by atoms with Gasteiger partial charge in [-0.05, 0) is 13.3 Å². The Morgan fingerprint density at radius 1 is 1.59 bits per heavy atom. The molecule has 0 saturated carbocycles. The van der Waals surface area contributed by atoms with Gasteiger partial charge in [0.25, 0.3) is 5.56 Å². The summed E-state index contributed by atoms with van der Waals surface area (Å²) in [5.74, 6) is 0.118. The average molecular weight is 346 g/mol. The highest BCUT2D eigenvalue weighted by Crippen LogP contribution is 2.20. The van der Waals surface area contributed by atoms with E-state index in [4.69, 9.17) is 5.73 Å². The zero-order valence-corrected chi connectivity index (χ0v) is 13.7. The molecule has 1 saturated heterocycles. The van der Waals surface area contributed by atoms with Gasteiger partial charge in [-0.3, -0.25) is 9.59 Å². The van der Waals surface area contributed by atoms with Gasteiger partial charge in [-0.1, -0.05) is 11.8 Å². The molecule has 1 aliphatic heterocycles. The van der Waals surface area contributed by atoms with Gasteiger partial charge in [0.05, 0.1) is 17.3 Å². The van der Waals surface area contributed by atoms with Gasteiger partial charge in [0.15, 0.2) is 15.0 Å². The summed E-state index contributed by atoms with van der Waals surface area (Å²) in [6.07, 6.45) is 0.472. The minimum absolute atomic E-state index is 0.0185. The first kappa shape index (κ1) is 16.8. The molecule has 1 amide bonds. The number of sulfone groups is 1. The number of carbonyl (C=O) groups excluding carboxylic acids is 1. The summed E-state index contributed by atoms with van der Waals surface area (Å²) in [7, 11) is -3.04. The van der Waals surface area contributed by atoms with Crippen molar-refractivity contribution in [2.75, 3.05) is 29.5 Å². The Morgan fingerprint density at radius 3 is 2.86 bits per heavy atom. The first-order valence-corrected chi connectivity index (χ1v) is 9.61. The molecule has 1 atom stereocenters. The summed E-state index contributed by atoms with van der Waals surface area (Å²) in [5, 5.41) is 0.272. The third-order valence-corrected chi connectivity index (χ3v) is 5.99. The van der Waals surface area contributed by atoms with E-state index in [1.807, 2.05) is 6.92 Å². The number of thioether (sulfide) groups is 1. The average Bonchev–Trinajstić information content (AvgIpc) is 2.76. The Bertz CT molecular complexity index is 716. The van der Waals surface area contributed by atoms with Gasteiger partial charge in [0.2, 0.25) is 5.91 Å². The van der Waals surface area contributed by atoms with Crippen LogP contribution < -0.4 is 11.3 Å². The predicted octanol–water partition coefficient (Wildman–Crippen LogP) is -0.520. The highest BCUT2D eigenvalue weighted by atomic mass is 32.2. The van der Waals surface area contributed by atoms with Crippen LogP contribution in [0.4, 0.5) is 5.82 Å². The van der Waals surface area contributed by atoms with Crippen molar-refractivity contribution in [3.63, 3.8) is 0 Å². The molecular weight excluding hydrogens is 328 g/mol. The Labute approximate surface area is 132 Å². The minimum Gasteiger partial charge on any atom is -0.383 e. The lowest BCUT2D eigenvalue weighted by Gasteiger charge is -2.26. The molecule has 1 aliphatic rings. The fourth-order valence-corrected chi connectivity index (χ4v) is 4.89. The lowest BCUT2D eigenvalue weighted by Crippen LogP contribution is -2.42. The monoisotopic (exact) mass is 346 g/mol. The Balaban J connectivity index is 1.99. The maximum Gasteiger partial charge on any atom is 0.253 e. The number of H-pyrrole nitrogens is 1. The van der Waals surface area contributed by atoms with E-state index in [1.165, 1.54) is 0 Å². The standard InChI is InChI=1S/C12H18N4O4S2/c1-2-16(8-3-4-22(19,20)7-8)11(18)6-21-12-14-9(13)5-10(17)15-12/h5,8H,2-4,6-7H2,1H3,(H3,13,14,15,17)/t8-/m1/s1. The molecule has 22 heavy (non-hydrogen) atoms. The highest BCUT2D eigenvalue weighted by molar-refractivity contribution is 7.99. The smallest absolute Gasteiger partial charge is 0.253 e. The number of carbonyl (C=O) groups is 1. The van der Waals surface area contributed by atoms with Crippen molar-refractivity contribution in [3.8, 4) is 0 Å². The molecule has 0 aliphatic carbocycles. The summed E-state index contributed by atoms with van der Waals surface area (Å²) in [6.45, 7) is 2.26. The van der Waals surface area contributed by atoms with Crippen LogP contribution >= 0.6 is 11.8 Å². The summed E-state index contributed by atoms with van der Waals surface area (Å²) >= 11 is 1.07. The van der Waals surface area contributed by atoms with Gasteiger partial charge in [-0.15, -0.1) is 0 Å². The third kappa shape index (κ3) is 4.23. The van der Waals surface area contributed by atoms with Crippen LogP contribution in [0, 0.1) is 0 Å². The number of hydrogen-bond acceptors (Lipinski definition) is 7. The topological polar surface area (TPSA) is 126 Å². The fraction of sp³-hybridized carbons (Fsp3) is 0.583. The maximum absolute atomic E-state index is 12.3. The molecule has 0 spiro atoms. The summed E-state index contributed by atoms with van der Waals surface area (Å²) < 4.78 is 23.1. The molecule has 3 N–H and O–H groups in total. The lowest BCUT2D eigenvalue weighted by molar-refractivity contribution is -0.129. The van der Waals surface area contributed by atoms with E-state index in [0.717, 1.165) is 17.8 Å². The van der Waals surface area contributed by atoms with E-state index >= 15 is 0 Å². The van der Waals surface area contributed by atoms with Gasteiger partial charge >= 0.3 is 0 Å². The van der Waals surface area contributed by atoms with Crippen molar-refractivity contribution < 1.29 is 13.2 Å². The van der Waals surface area contributed by atoms with Gasteiger partial charge in [-0.25, -0.2) is 13.4 Å². The van der Waals surface area contributed by atoms with Crippen LogP contribution in [0.2, 0.25) is 0 Å². The highest BCUT2D eigenvalue weighted by Gasteiger charge is 2.33. The van der Waals surface area contributed by atoms with Crippen LogP contribution in [-0.2, 0) is 14.6 Å². The molecule has 0 aromatic carbocycles. The van der Waals surface area contributed by atoms with E-state index in [2.05, 4.69) is 9.97 Å². The second kappa shape index (κ2) is 6.69. The van der Waals surface area contributed by atoms with E-state index in [9.17, 15) is 18.0 Å². The molecule has 122 valence electrons. The largest absolute Gasteiger partial charge is 0.383 e. The van der Waals surface area contributed by atoms with Crippen LogP contribution in [0.25, 0.3) is 0 Å². The van der Waals surface area contributed by atoms with Crippen LogP contribution in [0.1, 0.15) is 13.3 Å². The molecule has 1 aromatic heterocycles. The molecule has 1 fully saturated rings. The first-order valence-electron chi connectivity index (χ1n) is 6.80. The van der Waals surface area contributed by atoms with Crippen molar-refractivity contribution in [1.29, 1.82) is 0 Å². The second-order valence-electron chi connectivity index (χ2n) is 5.00. The number of nitrogens with zero attached hydrogens (tertiary/aromatic N) is 2. The van der Waals surface area contributed by atoms with Crippen molar-refractivity contribution >= 4 is 33.3 Å². The van der Waals surface area contributed by atoms with Gasteiger partial charge in [-0.2, -0.15) is 0 Å². The number of amides is 1. The fourth-order valence-electron chi connectivity index (χ4n) is 2.39. The molecule has 2 heterocycles. The van der Waals surface area contributed by atoms with E-state index in [1.54, 1.807) is 4.90 Å². The number of aromatic nitrogens is 2. The minimum atomic E-state index is -3.04. The molecule has 2 rings (SSSR count). The predicted molar refractivity (Wildman–Crippen MR) is 84.4 cm³/mol. The molecule has 8 nitrogen and oxygen atoms in total. The number of nitrogen functional groups attached to an aromatic ring is 1.